The molecule has 0 aliphatic rings. The van der Waals surface area contributed by atoms with Crippen LogP contribution in [0, 0.1) is 0 Å². The lowest BCUT2D eigenvalue weighted by atomic mass is 10.2. The van der Waals surface area contributed by atoms with Crippen molar-refractivity contribution in [3.63, 3.8) is 0 Å². The molecule has 0 fully saturated rings. The van der Waals surface area contributed by atoms with Crippen LogP contribution in [0.5, 0.6) is 11.5 Å². The van der Waals surface area contributed by atoms with Crippen LogP contribution in [-0.2, 0) is 6.42 Å². The van der Waals surface area contributed by atoms with E-state index in [-0.39, 0.29) is 6.03 Å². The van der Waals surface area contributed by atoms with Crippen LogP contribution in [-0.4, -0.2) is 26.3 Å². The minimum Gasteiger partial charge on any atom is -0.495 e. The smallest absolute Gasteiger partial charge is 0.319 e. The summed E-state index contributed by atoms with van der Waals surface area (Å²) in [4.78, 5) is 11.8. The highest BCUT2D eigenvalue weighted by molar-refractivity contribution is 6.32. The van der Waals surface area contributed by atoms with Crippen LogP contribution >= 0.6 is 11.6 Å². The van der Waals surface area contributed by atoms with Gasteiger partial charge in [-0.25, -0.2) is 4.79 Å². The maximum Gasteiger partial charge on any atom is 0.319 e. The molecule has 0 heterocycles. The van der Waals surface area contributed by atoms with Gasteiger partial charge in [0.05, 0.1) is 18.7 Å². The number of hydrogen-bond donors (Lipinski definition) is 2. The Morgan fingerprint density at radius 1 is 1.17 bits per heavy atom. The fourth-order valence-electron chi connectivity index (χ4n) is 2.07. The zero-order valence-corrected chi connectivity index (χ0v) is 14.5. The molecule has 0 atom stereocenters. The van der Waals surface area contributed by atoms with Crippen molar-refractivity contribution >= 4 is 23.3 Å². The average Bonchev–Trinajstić information content (AvgIpc) is 2.59. The van der Waals surface area contributed by atoms with Crippen LogP contribution in [0.2, 0.25) is 5.02 Å². The first-order chi connectivity index (χ1) is 11.6. The van der Waals surface area contributed by atoms with E-state index in [0.717, 1.165) is 12.2 Å². The molecule has 0 saturated heterocycles. The van der Waals surface area contributed by atoms with Crippen LogP contribution in [0.15, 0.2) is 42.5 Å². The van der Waals surface area contributed by atoms with Gasteiger partial charge in [-0.3, -0.25) is 0 Å². The molecular formula is C18H21ClN2O3. The quantitative estimate of drug-likeness (QED) is 0.740. The van der Waals surface area contributed by atoms with Crippen LogP contribution in [0.25, 0.3) is 0 Å². The van der Waals surface area contributed by atoms with E-state index in [1.807, 2.05) is 24.3 Å². The van der Waals surface area contributed by atoms with E-state index in [2.05, 4.69) is 17.6 Å². The summed E-state index contributed by atoms with van der Waals surface area (Å²) in [6.07, 6.45) is 0.997. The van der Waals surface area contributed by atoms with Crippen molar-refractivity contribution in [3.8, 4) is 11.5 Å². The van der Waals surface area contributed by atoms with E-state index in [1.54, 1.807) is 18.2 Å². The molecule has 0 aliphatic heterocycles. The average molecular weight is 349 g/mol. The van der Waals surface area contributed by atoms with Gasteiger partial charge < -0.3 is 20.1 Å². The number of anilines is 1. The molecule has 2 rings (SSSR count). The summed E-state index contributed by atoms with van der Waals surface area (Å²) in [6.45, 7) is 2.89. The zero-order chi connectivity index (χ0) is 17.4. The van der Waals surface area contributed by atoms with Crippen molar-refractivity contribution in [3.05, 3.63) is 53.1 Å². The molecule has 0 aromatic heterocycles. The minimum absolute atomic E-state index is 0.318. The van der Waals surface area contributed by atoms with E-state index >= 15 is 0 Å². The predicted molar refractivity (Wildman–Crippen MR) is 96.3 cm³/mol. The van der Waals surface area contributed by atoms with Crippen molar-refractivity contribution in [1.29, 1.82) is 0 Å². The molecule has 24 heavy (non-hydrogen) atoms. The van der Waals surface area contributed by atoms with Gasteiger partial charge in [0.2, 0.25) is 0 Å². The Morgan fingerprint density at radius 2 is 1.92 bits per heavy atom. The standard InChI is InChI=1S/C18H21ClN2O3/c1-3-13-4-7-15(8-5-13)24-11-10-20-18(22)21-14-6-9-17(23-2)16(19)12-14/h4-9,12H,3,10-11H2,1-2H3,(H2,20,21,22). The van der Waals surface area contributed by atoms with E-state index in [9.17, 15) is 4.79 Å². The number of benzene rings is 2. The van der Waals surface area contributed by atoms with Gasteiger partial charge in [0.25, 0.3) is 0 Å². The molecule has 2 aromatic carbocycles. The third kappa shape index (κ3) is 5.35. The molecule has 0 spiro atoms. The van der Waals surface area contributed by atoms with Gasteiger partial charge in [-0.1, -0.05) is 30.7 Å². The maximum atomic E-state index is 11.8. The number of aryl methyl sites for hydroxylation is 1. The molecule has 0 bridgehead atoms. The fraction of sp³-hybridized carbons (Fsp3) is 0.278. The first-order valence-electron chi connectivity index (χ1n) is 7.72. The summed E-state index contributed by atoms with van der Waals surface area (Å²) >= 11 is 6.01. The lowest BCUT2D eigenvalue weighted by molar-refractivity contribution is 0.247. The first kappa shape index (κ1) is 17.9. The highest BCUT2D eigenvalue weighted by Gasteiger charge is 2.05. The van der Waals surface area contributed by atoms with Crippen LogP contribution < -0.4 is 20.1 Å². The van der Waals surface area contributed by atoms with Gasteiger partial charge in [0.15, 0.2) is 0 Å². The van der Waals surface area contributed by atoms with Crippen molar-refractivity contribution in [2.75, 3.05) is 25.6 Å². The minimum atomic E-state index is -0.318. The summed E-state index contributed by atoms with van der Waals surface area (Å²) in [5.41, 5.74) is 1.85. The fourth-order valence-corrected chi connectivity index (χ4v) is 2.33. The molecule has 2 aromatic rings. The highest BCUT2D eigenvalue weighted by Crippen LogP contribution is 2.27. The zero-order valence-electron chi connectivity index (χ0n) is 13.8. The van der Waals surface area contributed by atoms with Gasteiger partial charge in [0, 0.05) is 5.69 Å². The maximum absolute atomic E-state index is 11.8. The second kappa shape index (κ2) is 9.03. The monoisotopic (exact) mass is 348 g/mol. The Kier molecular flexibility index (Phi) is 6.75. The van der Waals surface area contributed by atoms with Gasteiger partial charge in [-0.05, 0) is 42.3 Å². The number of carbonyl (C=O) groups excluding carboxylic acids is 1. The normalized spacial score (nSPS) is 10.1. The molecule has 128 valence electrons. The number of hydrogen-bond acceptors (Lipinski definition) is 3. The largest absolute Gasteiger partial charge is 0.495 e. The van der Waals surface area contributed by atoms with E-state index < -0.39 is 0 Å². The lowest BCUT2D eigenvalue weighted by Crippen LogP contribution is -2.32. The Morgan fingerprint density at radius 3 is 2.54 bits per heavy atom. The number of halogens is 1. The summed E-state index contributed by atoms with van der Waals surface area (Å²) in [6, 6.07) is 12.6. The number of rotatable bonds is 7. The Balaban J connectivity index is 1.72. The SMILES string of the molecule is CCc1ccc(OCCNC(=O)Nc2ccc(OC)c(Cl)c2)cc1. The van der Waals surface area contributed by atoms with E-state index in [0.29, 0.717) is 29.6 Å². The van der Waals surface area contributed by atoms with Crippen LogP contribution in [0.4, 0.5) is 10.5 Å². The Bertz CT molecular complexity index is 674. The summed E-state index contributed by atoms with van der Waals surface area (Å²) in [5, 5.41) is 5.86. The number of ether oxygens (including phenoxy) is 2. The topological polar surface area (TPSA) is 59.6 Å². The second-order valence-electron chi connectivity index (χ2n) is 5.08. The first-order valence-corrected chi connectivity index (χ1v) is 8.10. The van der Waals surface area contributed by atoms with E-state index in [4.69, 9.17) is 21.1 Å². The van der Waals surface area contributed by atoms with Gasteiger partial charge in [0.1, 0.15) is 18.1 Å². The number of nitrogens with one attached hydrogen (secondary N) is 2. The molecule has 0 unspecified atom stereocenters. The molecule has 0 radical (unpaired) electrons. The van der Waals surface area contributed by atoms with Gasteiger partial charge >= 0.3 is 6.03 Å². The van der Waals surface area contributed by atoms with Crippen LogP contribution in [0.3, 0.4) is 0 Å². The Labute approximate surface area is 146 Å². The third-order valence-electron chi connectivity index (χ3n) is 3.40. The molecule has 0 saturated carbocycles. The molecule has 6 heteroatoms. The summed E-state index contributed by atoms with van der Waals surface area (Å²) in [5.74, 6) is 1.35. The van der Waals surface area contributed by atoms with E-state index in [1.165, 1.54) is 12.7 Å². The van der Waals surface area contributed by atoms with Gasteiger partial charge in [-0.2, -0.15) is 0 Å². The lowest BCUT2D eigenvalue weighted by Gasteiger charge is -2.10. The number of methoxy groups -OCH3 is 1. The van der Waals surface area contributed by atoms with Crippen LogP contribution in [0.1, 0.15) is 12.5 Å². The molecule has 5 nitrogen and oxygen atoms in total. The third-order valence-corrected chi connectivity index (χ3v) is 3.69. The molecule has 2 N–H and O–H groups in total. The van der Waals surface area contributed by atoms with Crippen molar-refractivity contribution in [1.82, 2.24) is 5.32 Å². The Hall–Kier alpha value is -2.40. The summed E-state index contributed by atoms with van der Waals surface area (Å²) < 4.78 is 10.6. The number of carbonyl (C=O) groups is 1. The second-order valence-corrected chi connectivity index (χ2v) is 5.48. The molecule has 2 amide bonds. The number of urea groups is 1. The molecule has 0 aliphatic carbocycles. The highest BCUT2D eigenvalue weighted by atomic mass is 35.5. The van der Waals surface area contributed by atoms with Crippen molar-refractivity contribution < 1.29 is 14.3 Å². The summed E-state index contributed by atoms with van der Waals surface area (Å²) in [7, 11) is 1.54. The number of amides is 2. The van der Waals surface area contributed by atoms with Gasteiger partial charge in [-0.15, -0.1) is 0 Å². The van der Waals surface area contributed by atoms with Crippen molar-refractivity contribution in [2.45, 2.75) is 13.3 Å². The molecular weight excluding hydrogens is 328 g/mol. The van der Waals surface area contributed by atoms with Crippen molar-refractivity contribution in [2.24, 2.45) is 0 Å². The predicted octanol–water partition coefficient (Wildman–Crippen LogP) is 4.11.